The zero-order chi connectivity index (χ0) is 20.2. The molecule has 1 spiro atoms. The van der Waals surface area contributed by atoms with Gasteiger partial charge in [-0.1, -0.05) is 0 Å². The molecule has 2 fully saturated rings. The van der Waals surface area contributed by atoms with Crippen molar-refractivity contribution in [2.75, 3.05) is 26.7 Å². The first-order chi connectivity index (χ1) is 13.2. The number of hydrogen-bond donors (Lipinski definition) is 1. The van der Waals surface area contributed by atoms with Gasteiger partial charge >= 0.3 is 11.7 Å². The highest BCUT2D eigenvalue weighted by molar-refractivity contribution is 5.85. The molecule has 1 aromatic carbocycles. The van der Waals surface area contributed by atoms with Gasteiger partial charge in [0.1, 0.15) is 11.3 Å². The van der Waals surface area contributed by atoms with Gasteiger partial charge in [0.25, 0.3) is 5.91 Å². The molecule has 1 unspecified atom stereocenters. The molecule has 2 saturated heterocycles. The fraction of sp³-hybridized carbons (Fsp3) is 0.450. The quantitative estimate of drug-likeness (QED) is 0.807. The molecule has 1 atom stereocenters. The number of carbonyl (C=O) groups excluding carboxylic acids is 2. The Kier molecular flexibility index (Phi) is 4.10. The van der Waals surface area contributed by atoms with Gasteiger partial charge in [0, 0.05) is 43.7 Å². The second kappa shape index (κ2) is 6.25. The molecule has 1 N–H and O–H groups in total. The third-order valence-corrected chi connectivity index (χ3v) is 5.96. The number of amides is 3. The number of hydrogen-bond acceptors (Lipinski definition) is 5. The van der Waals surface area contributed by atoms with Crippen molar-refractivity contribution < 1.29 is 18.7 Å². The number of rotatable bonds is 3. The molecule has 0 radical (unpaired) electrons. The molecule has 3 amide bonds. The first-order valence-electron chi connectivity index (χ1n) is 9.23. The van der Waals surface area contributed by atoms with E-state index >= 15 is 0 Å². The number of likely N-dealkylation sites (tertiary alicyclic amines) is 1. The van der Waals surface area contributed by atoms with E-state index in [1.807, 2.05) is 13.0 Å². The molecule has 2 aliphatic heterocycles. The van der Waals surface area contributed by atoms with E-state index in [1.54, 1.807) is 42.8 Å². The Morgan fingerprint density at radius 3 is 2.61 bits per heavy atom. The molecule has 0 saturated carbocycles. The van der Waals surface area contributed by atoms with Crippen molar-refractivity contribution in [2.45, 2.75) is 32.4 Å². The highest BCUT2D eigenvalue weighted by Crippen LogP contribution is 2.31. The number of ether oxygens (including phenoxy) is 1. The number of aryl methyl sites for hydroxylation is 1. The lowest BCUT2D eigenvalue weighted by molar-refractivity contribution is -0.148. The van der Waals surface area contributed by atoms with Crippen LogP contribution in [-0.4, -0.2) is 60.1 Å². The van der Waals surface area contributed by atoms with E-state index in [0.717, 1.165) is 10.9 Å². The Hall–Kier alpha value is -3.03. The van der Waals surface area contributed by atoms with Crippen molar-refractivity contribution in [3.8, 4) is 5.75 Å². The molecular weight excluding hydrogens is 362 g/mol. The van der Waals surface area contributed by atoms with Crippen LogP contribution in [-0.2, 0) is 4.79 Å². The fourth-order valence-corrected chi connectivity index (χ4v) is 3.85. The lowest BCUT2D eigenvalue weighted by Gasteiger charge is -2.50. The second-order valence-electron chi connectivity index (χ2n) is 7.69. The minimum absolute atomic E-state index is 0.111. The number of likely N-dealkylation sites (N-methyl/N-ethyl adjacent to an activating group) is 1. The number of benzene rings is 1. The van der Waals surface area contributed by atoms with E-state index in [1.165, 1.54) is 0 Å². The van der Waals surface area contributed by atoms with E-state index in [-0.39, 0.29) is 23.1 Å². The number of fused-ring (bicyclic) bond motifs is 1. The summed E-state index contributed by atoms with van der Waals surface area (Å²) >= 11 is 0. The van der Waals surface area contributed by atoms with Crippen LogP contribution in [0.4, 0.5) is 4.79 Å². The van der Waals surface area contributed by atoms with Gasteiger partial charge in [-0.15, -0.1) is 0 Å². The van der Waals surface area contributed by atoms with E-state index in [2.05, 4.69) is 5.32 Å². The van der Waals surface area contributed by atoms with E-state index in [9.17, 15) is 14.4 Å². The van der Waals surface area contributed by atoms with Crippen LogP contribution in [0.1, 0.15) is 18.1 Å². The molecule has 2 aromatic rings. The third kappa shape index (κ3) is 2.71. The van der Waals surface area contributed by atoms with Gasteiger partial charge in [-0.2, -0.15) is 0 Å². The molecule has 0 aliphatic carbocycles. The zero-order valence-electron chi connectivity index (χ0n) is 16.4. The Balaban J connectivity index is 1.46. The summed E-state index contributed by atoms with van der Waals surface area (Å²) in [5, 5.41) is 3.64. The molecule has 148 valence electrons. The van der Waals surface area contributed by atoms with E-state index < -0.39 is 6.10 Å². The topological polar surface area (TPSA) is 92.1 Å². The summed E-state index contributed by atoms with van der Waals surface area (Å²) in [4.78, 5) is 39.6. The molecule has 2 aliphatic rings. The van der Waals surface area contributed by atoms with Crippen molar-refractivity contribution in [3.63, 3.8) is 0 Å². The standard InChI is InChI=1S/C20H23N3O5/c1-11-12(2)18(25)28-16-7-14(5-6-15(11)16)27-13(3)17(24)23-9-20(10-23)8-21-19(26)22(20)4/h5-7,13H,8-10H2,1-4H3,(H,21,26). The minimum Gasteiger partial charge on any atom is -0.481 e. The van der Waals surface area contributed by atoms with Crippen molar-refractivity contribution >= 4 is 22.9 Å². The Bertz CT molecular complexity index is 1040. The van der Waals surface area contributed by atoms with E-state index in [4.69, 9.17) is 9.15 Å². The maximum Gasteiger partial charge on any atom is 0.339 e. The average molecular weight is 385 g/mol. The van der Waals surface area contributed by atoms with Crippen LogP contribution in [0.2, 0.25) is 0 Å². The van der Waals surface area contributed by atoms with Crippen molar-refractivity contribution in [1.29, 1.82) is 0 Å². The predicted octanol–water partition coefficient (Wildman–Crippen LogP) is 1.41. The normalized spacial score (nSPS) is 18.9. The summed E-state index contributed by atoms with van der Waals surface area (Å²) in [7, 11) is 1.75. The average Bonchev–Trinajstić information content (AvgIpc) is 2.93. The summed E-state index contributed by atoms with van der Waals surface area (Å²) in [6, 6.07) is 5.12. The predicted molar refractivity (Wildman–Crippen MR) is 103 cm³/mol. The van der Waals surface area contributed by atoms with Gasteiger partial charge in [0.2, 0.25) is 0 Å². The monoisotopic (exact) mass is 385 g/mol. The lowest BCUT2D eigenvalue weighted by Crippen LogP contribution is -2.71. The van der Waals surface area contributed by atoms with Crippen LogP contribution < -0.4 is 15.7 Å². The largest absolute Gasteiger partial charge is 0.481 e. The lowest BCUT2D eigenvalue weighted by atomic mass is 9.89. The van der Waals surface area contributed by atoms with Gasteiger partial charge in [0.05, 0.1) is 5.54 Å². The maximum atomic E-state index is 12.7. The van der Waals surface area contributed by atoms with Gasteiger partial charge < -0.3 is 24.3 Å². The fourth-order valence-electron chi connectivity index (χ4n) is 3.85. The van der Waals surface area contributed by atoms with Crippen LogP contribution in [0, 0.1) is 13.8 Å². The van der Waals surface area contributed by atoms with Gasteiger partial charge in [-0.25, -0.2) is 9.59 Å². The smallest absolute Gasteiger partial charge is 0.339 e. The summed E-state index contributed by atoms with van der Waals surface area (Å²) in [5.41, 5.74) is 1.21. The van der Waals surface area contributed by atoms with Crippen LogP contribution in [0.3, 0.4) is 0 Å². The number of nitrogens with one attached hydrogen (secondary N) is 1. The van der Waals surface area contributed by atoms with Crippen molar-refractivity contribution in [2.24, 2.45) is 0 Å². The molecule has 0 bridgehead atoms. The Morgan fingerprint density at radius 1 is 1.25 bits per heavy atom. The number of nitrogens with zero attached hydrogens (tertiary/aromatic N) is 2. The summed E-state index contributed by atoms with van der Waals surface area (Å²) in [6.45, 7) is 6.82. The Morgan fingerprint density at radius 2 is 1.96 bits per heavy atom. The second-order valence-corrected chi connectivity index (χ2v) is 7.69. The molecule has 3 heterocycles. The first-order valence-corrected chi connectivity index (χ1v) is 9.23. The number of carbonyl (C=O) groups is 2. The van der Waals surface area contributed by atoms with Gasteiger partial charge in [0.15, 0.2) is 6.10 Å². The summed E-state index contributed by atoms with van der Waals surface area (Å²) < 4.78 is 11.1. The summed E-state index contributed by atoms with van der Waals surface area (Å²) in [6.07, 6.45) is -0.691. The number of urea groups is 1. The maximum absolute atomic E-state index is 12.7. The van der Waals surface area contributed by atoms with Crippen LogP contribution >= 0.6 is 0 Å². The highest BCUT2D eigenvalue weighted by Gasteiger charge is 2.54. The third-order valence-electron chi connectivity index (χ3n) is 5.96. The first kappa shape index (κ1) is 18.3. The molecule has 8 nitrogen and oxygen atoms in total. The summed E-state index contributed by atoms with van der Waals surface area (Å²) in [5.74, 6) is 0.324. The highest BCUT2D eigenvalue weighted by atomic mass is 16.5. The van der Waals surface area contributed by atoms with Crippen LogP contribution in [0.5, 0.6) is 5.75 Å². The van der Waals surface area contributed by atoms with Gasteiger partial charge in [-0.05, 0) is 38.5 Å². The minimum atomic E-state index is -0.691. The van der Waals surface area contributed by atoms with Crippen LogP contribution in [0.25, 0.3) is 11.0 Å². The van der Waals surface area contributed by atoms with Crippen LogP contribution in [0.15, 0.2) is 27.4 Å². The molecule has 1 aromatic heterocycles. The molecule has 4 rings (SSSR count). The van der Waals surface area contributed by atoms with Gasteiger partial charge in [-0.3, -0.25) is 4.79 Å². The molecule has 8 heteroatoms. The van der Waals surface area contributed by atoms with Crippen molar-refractivity contribution in [3.05, 3.63) is 39.7 Å². The zero-order valence-corrected chi connectivity index (χ0v) is 16.4. The SMILES string of the molecule is Cc1c(C)c2ccc(OC(C)C(=O)N3CC4(CNC(=O)N4C)C3)cc2oc1=O. The van der Waals surface area contributed by atoms with Crippen molar-refractivity contribution in [1.82, 2.24) is 15.1 Å². The molecule has 28 heavy (non-hydrogen) atoms. The molecular formula is C20H23N3O5. The van der Waals surface area contributed by atoms with E-state index in [0.29, 0.717) is 36.5 Å². The Labute approximate surface area is 162 Å².